The standard InChI is InChI=1S/C13H24N2O2/c1-11-10-15(7-8-17-11)13(16)5-4-12-3-2-6-14-9-12/h11-12,14H,2-10H2,1H3. The lowest BCUT2D eigenvalue weighted by Crippen LogP contribution is -2.44. The highest BCUT2D eigenvalue weighted by atomic mass is 16.5. The molecule has 2 atom stereocenters. The minimum absolute atomic E-state index is 0.198. The largest absolute Gasteiger partial charge is 0.375 e. The second kappa shape index (κ2) is 6.36. The number of piperidine rings is 1. The smallest absolute Gasteiger partial charge is 0.222 e. The minimum atomic E-state index is 0.198. The number of nitrogens with zero attached hydrogens (tertiary/aromatic N) is 1. The summed E-state index contributed by atoms with van der Waals surface area (Å²) in [6.45, 7) is 6.49. The average Bonchev–Trinajstić information content (AvgIpc) is 2.37. The predicted octanol–water partition coefficient (Wildman–Crippen LogP) is 1.01. The number of carbonyl (C=O) groups is 1. The van der Waals surface area contributed by atoms with Gasteiger partial charge in [-0.15, -0.1) is 0 Å². The number of ether oxygens (including phenoxy) is 1. The van der Waals surface area contributed by atoms with Crippen LogP contribution in [0.15, 0.2) is 0 Å². The number of carbonyl (C=O) groups excluding carboxylic acids is 1. The molecule has 2 fully saturated rings. The van der Waals surface area contributed by atoms with Crippen LogP contribution >= 0.6 is 0 Å². The van der Waals surface area contributed by atoms with Crippen LogP contribution in [0.2, 0.25) is 0 Å². The molecule has 0 radical (unpaired) electrons. The third kappa shape index (κ3) is 3.96. The van der Waals surface area contributed by atoms with Gasteiger partial charge in [0.25, 0.3) is 0 Å². The first-order chi connectivity index (χ1) is 8.25. The van der Waals surface area contributed by atoms with Gasteiger partial charge in [0, 0.05) is 19.5 Å². The van der Waals surface area contributed by atoms with Crippen molar-refractivity contribution in [2.24, 2.45) is 5.92 Å². The highest BCUT2D eigenvalue weighted by Crippen LogP contribution is 2.17. The van der Waals surface area contributed by atoms with Crippen molar-refractivity contribution in [2.75, 3.05) is 32.8 Å². The van der Waals surface area contributed by atoms with E-state index < -0.39 is 0 Å². The molecule has 17 heavy (non-hydrogen) atoms. The highest BCUT2D eigenvalue weighted by Gasteiger charge is 2.22. The third-order valence-electron chi connectivity index (χ3n) is 3.76. The van der Waals surface area contributed by atoms with Crippen LogP contribution in [-0.4, -0.2) is 49.7 Å². The first kappa shape index (κ1) is 12.8. The second-order valence-corrected chi connectivity index (χ2v) is 5.27. The van der Waals surface area contributed by atoms with Gasteiger partial charge in [-0.3, -0.25) is 4.79 Å². The topological polar surface area (TPSA) is 41.6 Å². The lowest BCUT2D eigenvalue weighted by molar-refractivity contribution is -0.138. The van der Waals surface area contributed by atoms with E-state index in [1.54, 1.807) is 0 Å². The second-order valence-electron chi connectivity index (χ2n) is 5.27. The van der Waals surface area contributed by atoms with E-state index in [1.807, 2.05) is 11.8 Å². The molecule has 1 N–H and O–H groups in total. The molecule has 2 saturated heterocycles. The van der Waals surface area contributed by atoms with Crippen molar-refractivity contribution in [3.8, 4) is 0 Å². The highest BCUT2D eigenvalue weighted by molar-refractivity contribution is 5.76. The number of hydrogen-bond donors (Lipinski definition) is 1. The molecular formula is C13H24N2O2. The quantitative estimate of drug-likeness (QED) is 0.800. The van der Waals surface area contributed by atoms with E-state index in [1.165, 1.54) is 12.8 Å². The van der Waals surface area contributed by atoms with E-state index >= 15 is 0 Å². The van der Waals surface area contributed by atoms with Gasteiger partial charge in [-0.25, -0.2) is 0 Å². The van der Waals surface area contributed by atoms with Crippen LogP contribution < -0.4 is 5.32 Å². The Morgan fingerprint density at radius 3 is 3.12 bits per heavy atom. The van der Waals surface area contributed by atoms with Crippen LogP contribution in [0, 0.1) is 5.92 Å². The molecule has 0 aromatic heterocycles. The Morgan fingerprint density at radius 1 is 1.53 bits per heavy atom. The maximum Gasteiger partial charge on any atom is 0.222 e. The van der Waals surface area contributed by atoms with E-state index in [-0.39, 0.29) is 6.10 Å². The van der Waals surface area contributed by atoms with Gasteiger partial charge in [0.15, 0.2) is 0 Å². The van der Waals surface area contributed by atoms with Crippen molar-refractivity contribution in [1.29, 1.82) is 0 Å². The summed E-state index contributed by atoms with van der Waals surface area (Å²) in [6, 6.07) is 0. The number of hydrogen-bond acceptors (Lipinski definition) is 3. The van der Waals surface area contributed by atoms with Gasteiger partial charge in [0.1, 0.15) is 0 Å². The van der Waals surface area contributed by atoms with Gasteiger partial charge < -0.3 is 15.0 Å². The number of nitrogens with one attached hydrogen (secondary N) is 1. The first-order valence-electron chi connectivity index (χ1n) is 6.86. The molecule has 0 aliphatic carbocycles. The Bertz CT molecular complexity index is 252. The van der Waals surface area contributed by atoms with E-state index in [0.717, 1.165) is 32.6 Å². The molecule has 0 bridgehead atoms. The molecular weight excluding hydrogens is 216 g/mol. The summed E-state index contributed by atoms with van der Waals surface area (Å²) in [5.41, 5.74) is 0. The van der Waals surface area contributed by atoms with Crippen molar-refractivity contribution in [2.45, 2.75) is 38.7 Å². The molecule has 98 valence electrons. The van der Waals surface area contributed by atoms with Crippen LogP contribution in [0.4, 0.5) is 0 Å². The van der Waals surface area contributed by atoms with E-state index in [9.17, 15) is 4.79 Å². The fourth-order valence-electron chi connectivity index (χ4n) is 2.70. The zero-order chi connectivity index (χ0) is 12.1. The summed E-state index contributed by atoms with van der Waals surface area (Å²) in [5.74, 6) is 1.01. The van der Waals surface area contributed by atoms with Gasteiger partial charge >= 0.3 is 0 Å². The summed E-state index contributed by atoms with van der Waals surface area (Å²) < 4.78 is 5.45. The Hall–Kier alpha value is -0.610. The molecule has 0 aromatic carbocycles. The van der Waals surface area contributed by atoms with Crippen molar-refractivity contribution < 1.29 is 9.53 Å². The van der Waals surface area contributed by atoms with Gasteiger partial charge in [0.2, 0.25) is 5.91 Å². The van der Waals surface area contributed by atoms with Crippen molar-refractivity contribution in [1.82, 2.24) is 10.2 Å². The van der Waals surface area contributed by atoms with E-state index in [2.05, 4.69) is 5.32 Å². The molecule has 2 aliphatic heterocycles. The summed E-state index contributed by atoms with van der Waals surface area (Å²) in [6.07, 6.45) is 4.48. The molecule has 2 unspecified atom stereocenters. The normalized spacial score (nSPS) is 30.3. The Kier molecular flexibility index (Phi) is 4.80. The van der Waals surface area contributed by atoms with E-state index in [0.29, 0.717) is 24.9 Å². The van der Waals surface area contributed by atoms with Gasteiger partial charge in [0.05, 0.1) is 12.7 Å². The van der Waals surface area contributed by atoms with Crippen molar-refractivity contribution in [3.63, 3.8) is 0 Å². The fraction of sp³-hybridized carbons (Fsp3) is 0.923. The molecule has 4 heteroatoms. The van der Waals surface area contributed by atoms with Crippen LogP contribution in [0.5, 0.6) is 0 Å². The van der Waals surface area contributed by atoms with Crippen LogP contribution in [0.1, 0.15) is 32.6 Å². The van der Waals surface area contributed by atoms with E-state index in [4.69, 9.17) is 4.74 Å². The van der Waals surface area contributed by atoms with Crippen LogP contribution in [0.25, 0.3) is 0 Å². The van der Waals surface area contributed by atoms with Crippen molar-refractivity contribution >= 4 is 5.91 Å². The summed E-state index contributed by atoms with van der Waals surface area (Å²) in [5, 5.41) is 3.40. The Labute approximate surface area is 104 Å². The monoisotopic (exact) mass is 240 g/mol. The maximum atomic E-state index is 12.0. The van der Waals surface area contributed by atoms with Gasteiger partial charge in [-0.1, -0.05) is 0 Å². The SMILES string of the molecule is CC1CN(C(=O)CCC2CCCNC2)CCO1. The summed E-state index contributed by atoms with van der Waals surface area (Å²) in [7, 11) is 0. The van der Waals surface area contributed by atoms with Crippen LogP contribution in [0.3, 0.4) is 0 Å². The first-order valence-corrected chi connectivity index (χ1v) is 6.86. The molecule has 2 rings (SSSR count). The summed E-state index contributed by atoms with van der Waals surface area (Å²) >= 11 is 0. The third-order valence-corrected chi connectivity index (χ3v) is 3.76. The van der Waals surface area contributed by atoms with Crippen molar-refractivity contribution in [3.05, 3.63) is 0 Å². The molecule has 4 nitrogen and oxygen atoms in total. The lowest BCUT2D eigenvalue weighted by atomic mass is 9.94. The molecule has 2 aliphatic rings. The Balaban J connectivity index is 1.69. The zero-order valence-electron chi connectivity index (χ0n) is 10.8. The van der Waals surface area contributed by atoms with Gasteiger partial charge in [-0.2, -0.15) is 0 Å². The molecule has 1 amide bonds. The van der Waals surface area contributed by atoms with Gasteiger partial charge in [-0.05, 0) is 45.2 Å². The Morgan fingerprint density at radius 2 is 2.41 bits per heavy atom. The molecule has 0 aromatic rings. The minimum Gasteiger partial charge on any atom is -0.375 e. The fourth-order valence-corrected chi connectivity index (χ4v) is 2.70. The summed E-state index contributed by atoms with van der Waals surface area (Å²) in [4.78, 5) is 14.0. The van der Waals surface area contributed by atoms with Crippen LogP contribution in [-0.2, 0) is 9.53 Å². The lowest BCUT2D eigenvalue weighted by Gasteiger charge is -2.32. The molecule has 2 heterocycles. The number of amides is 1. The maximum absolute atomic E-state index is 12.0. The number of rotatable bonds is 3. The molecule has 0 spiro atoms. The molecule has 0 saturated carbocycles. The average molecular weight is 240 g/mol. The predicted molar refractivity (Wildman–Crippen MR) is 66.8 cm³/mol. The number of morpholine rings is 1. The zero-order valence-corrected chi connectivity index (χ0v) is 10.8.